The van der Waals surface area contributed by atoms with Crippen LogP contribution in [0.15, 0.2) is 65.0 Å². The molecule has 0 unspecified atom stereocenters. The van der Waals surface area contributed by atoms with Crippen molar-refractivity contribution in [3.63, 3.8) is 0 Å². The first-order chi connectivity index (χ1) is 14.2. The molecular weight excluding hydrogens is 400 g/mol. The van der Waals surface area contributed by atoms with E-state index in [9.17, 15) is 4.79 Å². The zero-order chi connectivity index (χ0) is 19.8. The van der Waals surface area contributed by atoms with Crippen molar-refractivity contribution >= 4 is 45.6 Å². The normalized spacial score (nSPS) is 15.1. The second-order valence-electron chi connectivity index (χ2n) is 6.77. The van der Waals surface area contributed by atoms with Gasteiger partial charge in [0.05, 0.1) is 17.9 Å². The van der Waals surface area contributed by atoms with Gasteiger partial charge in [-0.2, -0.15) is 0 Å². The summed E-state index contributed by atoms with van der Waals surface area (Å²) in [7, 11) is 0. The van der Waals surface area contributed by atoms with Crippen molar-refractivity contribution in [2.45, 2.75) is 6.92 Å². The molecule has 0 bridgehead atoms. The number of carbonyl (C=O) groups is 1. The summed E-state index contributed by atoms with van der Waals surface area (Å²) in [4.78, 5) is 24.7. The third kappa shape index (κ3) is 3.47. The van der Waals surface area contributed by atoms with Gasteiger partial charge in [0, 0.05) is 23.2 Å². The number of hydrogen-bond donors (Lipinski definition) is 1. The van der Waals surface area contributed by atoms with Crippen molar-refractivity contribution in [2.75, 3.05) is 18.4 Å². The summed E-state index contributed by atoms with van der Waals surface area (Å²) in [6.07, 6.45) is 0. The van der Waals surface area contributed by atoms with Crippen LogP contribution in [0.1, 0.15) is 20.9 Å². The van der Waals surface area contributed by atoms with Gasteiger partial charge in [0.1, 0.15) is 9.88 Å². The van der Waals surface area contributed by atoms with Gasteiger partial charge in [-0.15, -0.1) is 11.3 Å². The van der Waals surface area contributed by atoms with E-state index in [0.29, 0.717) is 4.88 Å². The molecule has 1 aromatic heterocycles. The molecule has 5 nitrogen and oxygen atoms in total. The number of aromatic nitrogens is 1. The molecule has 0 spiro atoms. The predicted octanol–water partition coefficient (Wildman–Crippen LogP) is 5.09. The second kappa shape index (κ2) is 7.50. The average molecular weight is 419 g/mol. The number of amidine groups is 1. The highest BCUT2D eigenvalue weighted by Gasteiger charge is 2.27. The van der Waals surface area contributed by atoms with Gasteiger partial charge in [-0.1, -0.05) is 54.2 Å². The fraction of sp³-hybridized carbons (Fsp3) is 0.136. The molecule has 2 aliphatic rings. The molecule has 0 aliphatic carbocycles. The van der Waals surface area contributed by atoms with Crippen LogP contribution in [0, 0.1) is 6.92 Å². The minimum Gasteiger partial charge on any atom is -0.321 e. The minimum atomic E-state index is -0.125. The maximum Gasteiger partial charge on any atom is 0.267 e. The van der Waals surface area contributed by atoms with Crippen molar-refractivity contribution < 1.29 is 4.79 Å². The van der Waals surface area contributed by atoms with Crippen LogP contribution in [0.3, 0.4) is 0 Å². The van der Waals surface area contributed by atoms with E-state index in [4.69, 9.17) is 0 Å². The van der Waals surface area contributed by atoms with Gasteiger partial charge in [-0.05, 0) is 24.6 Å². The number of aliphatic imine (C=N–C) groups is 1. The molecule has 0 radical (unpaired) electrons. The molecule has 3 heterocycles. The summed E-state index contributed by atoms with van der Waals surface area (Å²) in [6, 6.07) is 17.9. The van der Waals surface area contributed by atoms with E-state index in [1.54, 1.807) is 11.8 Å². The number of amides is 1. The Morgan fingerprint density at radius 1 is 1.07 bits per heavy atom. The molecule has 29 heavy (non-hydrogen) atoms. The van der Waals surface area contributed by atoms with E-state index in [-0.39, 0.29) is 5.91 Å². The van der Waals surface area contributed by atoms with Crippen molar-refractivity contribution in [2.24, 2.45) is 4.99 Å². The number of anilines is 1. The monoisotopic (exact) mass is 418 g/mol. The zero-order valence-corrected chi connectivity index (χ0v) is 17.4. The molecule has 5 rings (SSSR count). The average Bonchev–Trinajstić information content (AvgIpc) is 3.45. The third-order valence-electron chi connectivity index (χ3n) is 4.83. The Kier molecular flexibility index (Phi) is 4.69. The molecule has 0 fully saturated rings. The molecular formula is C22H18N4OS2. The summed E-state index contributed by atoms with van der Waals surface area (Å²) in [5.41, 5.74) is 4.85. The van der Waals surface area contributed by atoms with Gasteiger partial charge in [0.2, 0.25) is 0 Å². The molecule has 1 N–H and O–H groups in total. The predicted molar refractivity (Wildman–Crippen MR) is 121 cm³/mol. The maximum atomic E-state index is 12.8. The first kappa shape index (κ1) is 18.1. The Balaban J connectivity index is 1.31. The van der Waals surface area contributed by atoms with Gasteiger partial charge in [-0.25, -0.2) is 4.98 Å². The van der Waals surface area contributed by atoms with E-state index < -0.39 is 0 Å². The van der Waals surface area contributed by atoms with Crippen molar-refractivity contribution in [1.82, 2.24) is 9.88 Å². The van der Waals surface area contributed by atoms with E-state index in [2.05, 4.69) is 25.6 Å². The third-order valence-corrected chi connectivity index (χ3v) is 6.94. The Morgan fingerprint density at radius 3 is 2.66 bits per heavy atom. The number of thiazole rings is 1. The number of aryl methyl sites for hydroxylation is 1. The molecule has 0 saturated carbocycles. The van der Waals surface area contributed by atoms with Gasteiger partial charge >= 0.3 is 0 Å². The van der Waals surface area contributed by atoms with Gasteiger partial charge in [0.15, 0.2) is 5.17 Å². The van der Waals surface area contributed by atoms with Crippen LogP contribution in [-0.2, 0) is 0 Å². The quantitative estimate of drug-likeness (QED) is 0.641. The van der Waals surface area contributed by atoms with Crippen LogP contribution >= 0.6 is 23.1 Å². The summed E-state index contributed by atoms with van der Waals surface area (Å²) in [6.45, 7) is 3.66. The van der Waals surface area contributed by atoms with Gasteiger partial charge in [0.25, 0.3) is 5.91 Å². The van der Waals surface area contributed by atoms with Crippen LogP contribution in [0.25, 0.3) is 16.3 Å². The summed E-state index contributed by atoms with van der Waals surface area (Å²) >= 11 is 3.09. The summed E-state index contributed by atoms with van der Waals surface area (Å²) in [5.74, 6) is -0.125. The molecule has 7 heteroatoms. The molecule has 0 saturated heterocycles. The fourth-order valence-corrected chi connectivity index (χ4v) is 5.30. The van der Waals surface area contributed by atoms with Crippen LogP contribution in [-0.4, -0.2) is 34.0 Å². The lowest BCUT2D eigenvalue weighted by Crippen LogP contribution is -2.19. The highest BCUT2D eigenvalue weighted by atomic mass is 32.2. The lowest BCUT2D eigenvalue weighted by molar-refractivity contribution is 0.103. The minimum absolute atomic E-state index is 0.125. The number of nitrogens with one attached hydrogen (secondary N) is 1. The van der Waals surface area contributed by atoms with Crippen LogP contribution in [0.5, 0.6) is 0 Å². The lowest BCUT2D eigenvalue weighted by Gasteiger charge is -2.16. The van der Waals surface area contributed by atoms with Gasteiger partial charge < -0.3 is 10.2 Å². The summed E-state index contributed by atoms with van der Waals surface area (Å²) in [5, 5.41) is 7.07. The lowest BCUT2D eigenvalue weighted by atomic mass is 10.1. The molecule has 2 aliphatic heterocycles. The number of nitrogens with zero attached hydrogens (tertiary/aromatic N) is 3. The fourth-order valence-electron chi connectivity index (χ4n) is 3.37. The Labute approximate surface area is 177 Å². The van der Waals surface area contributed by atoms with Crippen molar-refractivity contribution in [3.8, 4) is 10.6 Å². The topological polar surface area (TPSA) is 57.6 Å². The van der Waals surface area contributed by atoms with E-state index in [1.807, 2.05) is 61.5 Å². The largest absolute Gasteiger partial charge is 0.321 e. The van der Waals surface area contributed by atoms with E-state index in [1.165, 1.54) is 17.0 Å². The zero-order valence-electron chi connectivity index (χ0n) is 15.8. The number of thioether (sulfide) groups is 1. The van der Waals surface area contributed by atoms with E-state index >= 15 is 0 Å². The molecule has 2 aromatic carbocycles. The molecule has 144 valence electrons. The Bertz CT molecular complexity index is 1130. The van der Waals surface area contributed by atoms with Crippen molar-refractivity contribution in [3.05, 3.63) is 76.1 Å². The number of benzene rings is 2. The number of hydrogen-bond acceptors (Lipinski definition) is 6. The van der Waals surface area contributed by atoms with Crippen LogP contribution < -0.4 is 5.32 Å². The first-order valence-electron chi connectivity index (χ1n) is 9.32. The van der Waals surface area contributed by atoms with Crippen LogP contribution in [0.4, 0.5) is 5.69 Å². The molecule has 0 atom stereocenters. The SMILES string of the molecule is Cc1nc(-c2ccccc2)sc1C(=O)Nc1ccc(C2=CSC3=NCCN23)cc1. The smallest absolute Gasteiger partial charge is 0.267 e. The molecule has 3 aromatic rings. The van der Waals surface area contributed by atoms with Crippen molar-refractivity contribution in [1.29, 1.82) is 0 Å². The number of carbonyl (C=O) groups excluding carboxylic acids is 1. The Hall–Kier alpha value is -2.90. The maximum absolute atomic E-state index is 12.8. The van der Waals surface area contributed by atoms with Crippen LogP contribution in [0.2, 0.25) is 0 Å². The standard InChI is InChI=1S/C22H18N4OS2/c1-14-19(29-21(24-14)16-5-3-2-4-6-16)20(27)25-17-9-7-15(8-10-17)18-13-28-22-23-11-12-26(18)22/h2-10,13H,11-12H2,1H3,(H,25,27). The second-order valence-corrected chi connectivity index (χ2v) is 8.60. The first-order valence-corrected chi connectivity index (χ1v) is 11.0. The molecule has 1 amide bonds. The van der Waals surface area contributed by atoms with Gasteiger partial charge in [-0.3, -0.25) is 9.79 Å². The highest BCUT2D eigenvalue weighted by Crippen LogP contribution is 2.35. The number of fused-ring (bicyclic) bond motifs is 1. The Morgan fingerprint density at radius 2 is 1.86 bits per heavy atom. The van der Waals surface area contributed by atoms with E-state index in [0.717, 1.165) is 45.8 Å². The summed E-state index contributed by atoms with van der Waals surface area (Å²) < 4.78 is 0. The number of rotatable bonds is 4. The highest BCUT2D eigenvalue weighted by molar-refractivity contribution is 8.16.